The zero-order valence-electron chi connectivity index (χ0n) is 15.0. The topological polar surface area (TPSA) is 57.2 Å². The summed E-state index contributed by atoms with van der Waals surface area (Å²) in [4.78, 5) is 0. The Balaban J connectivity index is 2.62. The molecule has 1 aromatic carbocycles. The van der Waals surface area contributed by atoms with Crippen LogP contribution < -0.4 is 0 Å². The van der Waals surface area contributed by atoms with Crippen LogP contribution in [0.25, 0.3) is 11.6 Å². The fourth-order valence-corrected chi connectivity index (χ4v) is 2.76. The maximum atomic E-state index is 9.75. The van der Waals surface area contributed by atoms with Gasteiger partial charge >= 0.3 is 0 Å². The number of allylic oxidation sites excluding steroid dienone is 4. The lowest BCUT2D eigenvalue weighted by molar-refractivity contribution is 0.475. The van der Waals surface area contributed by atoms with Crippen molar-refractivity contribution < 1.29 is 9.52 Å². The first-order chi connectivity index (χ1) is 12.0. The highest BCUT2D eigenvalue weighted by Gasteiger charge is 2.16. The van der Waals surface area contributed by atoms with E-state index in [2.05, 4.69) is 19.6 Å². The van der Waals surface area contributed by atoms with E-state index in [1.165, 1.54) is 0 Å². The molecule has 1 heterocycles. The number of aromatic hydroxyl groups is 1. The Kier molecular flexibility index (Phi) is 6.03. The van der Waals surface area contributed by atoms with Gasteiger partial charge in [-0.15, -0.1) is 0 Å². The van der Waals surface area contributed by atoms with Crippen LogP contribution in [0, 0.1) is 25.2 Å². The highest BCUT2D eigenvalue weighted by molar-refractivity contribution is 5.95. The van der Waals surface area contributed by atoms with Crippen molar-refractivity contribution in [2.24, 2.45) is 0 Å². The first kappa shape index (κ1) is 18.4. The van der Waals surface area contributed by atoms with E-state index in [1.807, 2.05) is 38.1 Å². The van der Waals surface area contributed by atoms with Gasteiger partial charge in [-0.05, 0) is 55.7 Å². The third-order valence-electron chi connectivity index (χ3n) is 3.96. The second-order valence-corrected chi connectivity index (χ2v) is 6.08. The van der Waals surface area contributed by atoms with Crippen molar-refractivity contribution >= 4 is 11.6 Å². The zero-order valence-corrected chi connectivity index (χ0v) is 15.0. The highest BCUT2D eigenvalue weighted by Crippen LogP contribution is 2.33. The summed E-state index contributed by atoms with van der Waals surface area (Å²) in [5.74, 6) is 0.978. The molecule has 1 aromatic heterocycles. The minimum Gasteiger partial charge on any atom is -0.508 e. The molecule has 0 aliphatic carbocycles. The number of hydrogen-bond donors (Lipinski definition) is 1. The summed E-state index contributed by atoms with van der Waals surface area (Å²) in [5, 5.41) is 19.2. The van der Waals surface area contributed by atoms with Gasteiger partial charge in [0.15, 0.2) is 0 Å². The first-order valence-electron chi connectivity index (χ1n) is 8.32. The van der Waals surface area contributed by atoms with E-state index in [0.717, 1.165) is 46.4 Å². The van der Waals surface area contributed by atoms with Crippen LogP contribution >= 0.6 is 0 Å². The normalized spacial score (nSPS) is 12.1. The molecule has 3 heteroatoms. The van der Waals surface area contributed by atoms with Crippen LogP contribution in [0.15, 0.2) is 58.7 Å². The molecule has 0 aliphatic rings. The molecule has 0 amide bonds. The third kappa shape index (κ3) is 4.51. The molecule has 128 valence electrons. The number of hydrogen-bond acceptors (Lipinski definition) is 3. The van der Waals surface area contributed by atoms with Crippen molar-refractivity contribution in [3.8, 4) is 11.8 Å². The molecule has 0 spiro atoms. The van der Waals surface area contributed by atoms with Gasteiger partial charge in [-0.2, -0.15) is 5.26 Å². The smallest absolute Gasteiger partial charge is 0.115 e. The lowest BCUT2D eigenvalue weighted by Crippen LogP contribution is -1.93. The van der Waals surface area contributed by atoms with E-state index in [9.17, 15) is 10.4 Å². The van der Waals surface area contributed by atoms with E-state index in [4.69, 9.17) is 4.42 Å². The molecule has 0 bridgehead atoms. The van der Waals surface area contributed by atoms with Crippen molar-refractivity contribution in [2.45, 2.75) is 33.6 Å². The molecule has 3 nitrogen and oxygen atoms in total. The van der Waals surface area contributed by atoms with E-state index in [0.29, 0.717) is 5.57 Å². The molecular weight excluding hydrogens is 310 g/mol. The minimum absolute atomic E-state index is 0.210. The Morgan fingerprint density at radius 1 is 1.28 bits per heavy atom. The molecule has 0 unspecified atom stereocenters. The molecule has 2 rings (SSSR count). The van der Waals surface area contributed by atoms with Gasteiger partial charge in [0.2, 0.25) is 0 Å². The van der Waals surface area contributed by atoms with Crippen LogP contribution in [0.2, 0.25) is 0 Å². The summed E-state index contributed by atoms with van der Waals surface area (Å²) in [5.41, 5.74) is 5.08. The van der Waals surface area contributed by atoms with Gasteiger partial charge in [-0.25, -0.2) is 0 Å². The van der Waals surface area contributed by atoms with Crippen molar-refractivity contribution in [1.82, 2.24) is 0 Å². The summed E-state index contributed by atoms with van der Waals surface area (Å²) in [7, 11) is 0. The fourth-order valence-electron chi connectivity index (χ4n) is 2.76. The van der Waals surface area contributed by atoms with E-state index in [-0.39, 0.29) is 5.75 Å². The van der Waals surface area contributed by atoms with Gasteiger partial charge in [0.1, 0.15) is 11.5 Å². The maximum absolute atomic E-state index is 9.75. The van der Waals surface area contributed by atoms with Gasteiger partial charge in [0.05, 0.1) is 17.9 Å². The largest absolute Gasteiger partial charge is 0.508 e. The number of furan rings is 1. The molecule has 0 atom stereocenters. The molecule has 0 saturated carbocycles. The number of nitriles is 1. The number of nitrogens with zero attached hydrogens (tertiary/aromatic N) is 1. The predicted molar refractivity (Wildman–Crippen MR) is 102 cm³/mol. The number of aryl methyl sites for hydroxylation is 2. The Labute approximate surface area is 149 Å². The van der Waals surface area contributed by atoms with E-state index in [1.54, 1.807) is 18.4 Å². The van der Waals surface area contributed by atoms with Gasteiger partial charge in [0, 0.05) is 11.1 Å². The van der Waals surface area contributed by atoms with Crippen LogP contribution in [0.4, 0.5) is 0 Å². The standard InChI is InChI=1S/C22H23NO2/c1-5-6-15(2)11-19(13-23)21(22-16(3)14-25-17(22)4)12-18-7-9-20(24)10-8-18/h7-12,14,24H,2,5-6H2,1,3-4H3. The lowest BCUT2D eigenvalue weighted by atomic mass is 9.92. The molecule has 0 fully saturated rings. The lowest BCUT2D eigenvalue weighted by Gasteiger charge is -2.09. The maximum Gasteiger partial charge on any atom is 0.115 e. The van der Waals surface area contributed by atoms with Crippen molar-refractivity contribution in [2.75, 3.05) is 0 Å². The number of phenolic OH excluding ortho intramolecular Hbond substituents is 1. The first-order valence-corrected chi connectivity index (χ1v) is 8.32. The second-order valence-electron chi connectivity index (χ2n) is 6.08. The zero-order chi connectivity index (χ0) is 18.4. The quantitative estimate of drug-likeness (QED) is 0.525. The Morgan fingerprint density at radius 2 is 1.96 bits per heavy atom. The van der Waals surface area contributed by atoms with Gasteiger partial charge in [-0.1, -0.05) is 37.6 Å². The Hall–Kier alpha value is -2.99. The van der Waals surface area contributed by atoms with E-state index < -0.39 is 0 Å². The molecule has 25 heavy (non-hydrogen) atoms. The van der Waals surface area contributed by atoms with E-state index >= 15 is 0 Å². The number of rotatable bonds is 6. The summed E-state index contributed by atoms with van der Waals surface area (Å²) in [6.45, 7) is 9.99. The molecule has 1 N–H and O–H groups in total. The predicted octanol–water partition coefficient (Wildman–Crippen LogP) is 5.95. The minimum atomic E-state index is 0.210. The fraction of sp³-hybridized carbons (Fsp3) is 0.227. The molecule has 2 aromatic rings. The monoisotopic (exact) mass is 333 g/mol. The van der Waals surface area contributed by atoms with Crippen LogP contribution in [-0.2, 0) is 0 Å². The Bertz CT molecular complexity index is 839. The third-order valence-corrected chi connectivity index (χ3v) is 3.96. The summed E-state index contributed by atoms with van der Waals surface area (Å²) < 4.78 is 5.54. The van der Waals surface area contributed by atoms with Crippen LogP contribution in [0.1, 0.15) is 42.2 Å². The second kappa shape index (κ2) is 8.21. The van der Waals surface area contributed by atoms with Crippen molar-refractivity contribution in [3.63, 3.8) is 0 Å². The van der Waals surface area contributed by atoms with Crippen LogP contribution in [0.5, 0.6) is 5.75 Å². The van der Waals surface area contributed by atoms with Gasteiger partial charge in [0.25, 0.3) is 0 Å². The molecular formula is C22H23NO2. The Morgan fingerprint density at radius 3 is 2.48 bits per heavy atom. The average Bonchev–Trinajstić information content (AvgIpc) is 2.91. The summed E-state index contributed by atoms with van der Waals surface area (Å²) in [6.07, 6.45) is 7.32. The molecule has 0 saturated heterocycles. The SMILES string of the molecule is C=C(C=C(C#N)C(=Cc1ccc(O)cc1)c1c(C)coc1C)CCC. The van der Waals surface area contributed by atoms with Crippen LogP contribution in [0.3, 0.4) is 0 Å². The molecule has 0 aliphatic heterocycles. The average molecular weight is 333 g/mol. The summed E-state index contributed by atoms with van der Waals surface area (Å²) >= 11 is 0. The number of benzene rings is 1. The van der Waals surface area contributed by atoms with Gasteiger partial charge in [-0.3, -0.25) is 0 Å². The van der Waals surface area contributed by atoms with Crippen molar-refractivity contribution in [3.05, 3.63) is 76.8 Å². The number of phenols is 1. The summed E-state index contributed by atoms with van der Waals surface area (Å²) in [6, 6.07) is 9.20. The highest BCUT2D eigenvalue weighted by atomic mass is 16.3. The van der Waals surface area contributed by atoms with Gasteiger partial charge < -0.3 is 9.52 Å². The molecule has 0 radical (unpaired) electrons. The van der Waals surface area contributed by atoms with Crippen LogP contribution in [-0.4, -0.2) is 5.11 Å². The van der Waals surface area contributed by atoms with Crippen molar-refractivity contribution in [1.29, 1.82) is 5.26 Å².